The van der Waals surface area contributed by atoms with E-state index in [0.29, 0.717) is 10.9 Å². The molecular weight excluding hydrogens is 416 g/mol. The first-order valence-corrected chi connectivity index (χ1v) is 11.3. The van der Waals surface area contributed by atoms with Gasteiger partial charge in [-0.2, -0.15) is 13.2 Å². The molecule has 152 valence electrons. The van der Waals surface area contributed by atoms with Crippen molar-refractivity contribution in [3.8, 4) is 0 Å². The van der Waals surface area contributed by atoms with Crippen LogP contribution in [0.1, 0.15) is 24.0 Å². The molecule has 1 fully saturated rings. The topological polar surface area (TPSA) is 57.2 Å². The van der Waals surface area contributed by atoms with E-state index in [1.807, 2.05) is 18.2 Å². The fourth-order valence-corrected chi connectivity index (χ4v) is 4.71. The van der Waals surface area contributed by atoms with Crippen LogP contribution in [0.15, 0.2) is 60.0 Å². The molecular formula is C19H18F4O3S2. The molecule has 9 heteroatoms. The van der Waals surface area contributed by atoms with Gasteiger partial charge in [0.2, 0.25) is 0 Å². The zero-order chi connectivity index (χ0) is 20.8. The monoisotopic (exact) mass is 434 g/mol. The van der Waals surface area contributed by atoms with E-state index in [4.69, 9.17) is 13.0 Å². The summed E-state index contributed by atoms with van der Waals surface area (Å²) < 4.78 is 72.0. The van der Waals surface area contributed by atoms with Crippen LogP contribution in [-0.2, 0) is 21.0 Å². The van der Waals surface area contributed by atoms with Crippen molar-refractivity contribution in [1.82, 2.24) is 0 Å². The van der Waals surface area contributed by atoms with E-state index in [-0.39, 0.29) is 5.82 Å². The van der Waals surface area contributed by atoms with Crippen molar-refractivity contribution in [3.63, 3.8) is 0 Å². The maximum absolute atomic E-state index is 13.1. The Morgan fingerprint density at radius 2 is 1.39 bits per heavy atom. The van der Waals surface area contributed by atoms with Gasteiger partial charge in [0.05, 0.1) is 0 Å². The summed E-state index contributed by atoms with van der Waals surface area (Å²) in [5.74, 6) is 2.43. The third-order valence-electron chi connectivity index (χ3n) is 3.87. The van der Waals surface area contributed by atoms with E-state index in [1.54, 1.807) is 12.1 Å². The van der Waals surface area contributed by atoms with Crippen LogP contribution in [0.2, 0.25) is 0 Å². The lowest BCUT2D eigenvalue weighted by atomic mass is 10.00. The van der Waals surface area contributed by atoms with Gasteiger partial charge in [0.1, 0.15) is 22.7 Å². The molecule has 1 aliphatic heterocycles. The van der Waals surface area contributed by atoms with E-state index in [2.05, 4.69) is 29.7 Å². The Morgan fingerprint density at radius 1 is 0.929 bits per heavy atom. The van der Waals surface area contributed by atoms with Gasteiger partial charge in [-0.15, -0.1) is 0 Å². The van der Waals surface area contributed by atoms with Gasteiger partial charge in [0.25, 0.3) is 0 Å². The Bertz CT molecular complexity index is 887. The average Bonchev–Trinajstić information content (AvgIpc) is 3.13. The maximum Gasteiger partial charge on any atom is 0.485 e. The van der Waals surface area contributed by atoms with Crippen molar-refractivity contribution >= 4 is 26.6 Å². The van der Waals surface area contributed by atoms with Crippen molar-refractivity contribution in [2.24, 2.45) is 0 Å². The van der Waals surface area contributed by atoms with Gasteiger partial charge in [-0.1, -0.05) is 42.5 Å². The number of hydrogen-bond acceptors (Lipinski definition) is 3. The van der Waals surface area contributed by atoms with Crippen molar-refractivity contribution in [2.45, 2.75) is 18.3 Å². The Labute approximate surface area is 164 Å². The Balaban J connectivity index is 0.000000300. The third-order valence-corrected chi connectivity index (χ3v) is 6.63. The zero-order valence-corrected chi connectivity index (χ0v) is 16.3. The molecule has 0 amide bonds. The number of rotatable bonds is 3. The van der Waals surface area contributed by atoms with E-state index in [0.717, 1.165) is 5.56 Å². The summed E-state index contributed by atoms with van der Waals surface area (Å²) in [5.41, 5.74) is -2.07. The lowest BCUT2D eigenvalue weighted by Gasteiger charge is -2.08. The van der Waals surface area contributed by atoms with Gasteiger partial charge in [0.15, 0.2) is 10.1 Å². The van der Waals surface area contributed by atoms with Crippen LogP contribution in [-0.4, -0.2) is 30.0 Å². The predicted octanol–water partition coefficient (Wildman–Crippen LogP) is 4.68. The molecule has 1 aliphatic rings. The summed E-state index contributed by atoms with van der Waals surface area (Å²) >= 11 is 0. The lowest BCUT2D eigenvalue weighted by molar-refractivity contribution is -0.0517. The largest absolute Gasteiger partial charge is 0.741 e. The molecule has 2 aromatic rings. The predicted molar refractivity (Wildman–Crippen MR) is 102 cm³/mol. The van der Waals surface area contributed by atoms with Crippen LogP contribution in [0.5, 0.6) is 0 Å². The third kappa shape index (κ3) is 6.65. The van der Waals surface area contributed by atoms with Gasteiger partial charge in [-0.05, 0) is 36.1 Å². The fraction of sp³-hybridized carbons (Fsp3) is 0.263. The molecule has 0 radical (unpaired) electrons. The summed E-state index contributed by atoms with van der Waals surface area (Å²) in [6.07, 6.45) is 2.68. The minimum atomic E-state index is -6.09. The number of halogens is 4. The van der Waals surface area contributed by atoms with Crippen LogP contribution in [0.3, 0.4) is 0 Å². The normalized spacial score (nSPS) is 15.8. The second-order valence-electron chi connectivity index (χ2n) is 5.96. The first-order chi connectivity index (χ1) is 13.1. The van der Waals surface area contributed by atoms with Crippen LogP contribution in [0.25, 0.3) is 5.57 Å². The van der Waals surface area contributed by atoms with Crippen LogP contribution in [0.4, 0.5) is 17.6 Å². The van der Waals surface area contributed by atoms with E-state index >= 15 is 0 Å². The Kier molecular flexibility index (Phi) is 7.68. The van der Waals surface area contributed by atoms with E-state index in [1.165, 1.54) is 35.5 Å². The van der Waals surface area contributed by atoms with Gasteiger partial charge in [-0.3, -0.25) is 0 Å². The molecule has 0 unspecified atom stereocenters. The van der Waals surface area contributed by atoms with Gasteiger partial charge in [0, 0.05) is 16.5 Å². The van der Waals surface area contributed by atoms with Crippen molar-refractivity contribution in [3.05, 3.63) is 76.9 Å². The van der Waals surface area contributed by atoms with Gasteiger partial charge < -0.3 is 4.55 Å². The van der Waals surface area contributed by atoms with Gasteiger partial charge >= 0.3 is 5.51 Å². The molecule has 0 aliphatic carbocycles. The minimum Gasteiger partial charge on any atom is -0.741 e. The Morgan fingerprint density at radius 3 is 1.86 bits per heavy atom. The average molecular weight is 434 g/mol. The summed E-state index contributed by atoms with van der Waals surface area (Å²) in [4.78, 5) is 0. The highest BCUT2D eigenvalue weighted by molar-refractivity contribution is 8.00. The van der Waals surface area contributed by atoms with E-state index in [9.17, 15) is 17.6 Å². The summed E-state index contributed by atoms with van der Waals surface area (Å²) in [5, 5.41) is 2.41. The van der Waals surface area contributed by atoms with Crippen LogP contribution >= 0.6 is 0 Å². The number of hydrogen-bond donors (Lipinski definition) is 0. The first-order valence-electron chi connectivity index (χ1n) is 8.29. The minimum absolute atomic E-state index is 0.176. The van der Waals surface area contributed by atoms with Crippen molar-refractivity contribution in [2.75, 3.05) is 11.5 Å². The number of alkyl halides is 3. The first kappa shape index (κ1) is 22.4. The van der Waals surface area contributed by atoms with Crippen LogP contribution < -0.4 is 0 Å². The molecule has 0 spiro atoms. The van der Waals surface area contributed by atoms with Crippen molar-refractivity contribution in [1.29, 1.82) is 0 Å². The molecule has 3 nitrogen and oxygen atoms in total. The second kappa shape index (κ2) is 9.58. The molecule has 28 heavy (non-hydrogen) atoms. The quantitative estimate of drug-likeness (QED) is 0.305. The summed E-state index contributed by atoms with van der Waals surface area (Å²) in [6.45, 7) is 0. The zero-order valence-electron chi connectivity index (χ0n) is 14.7. The molecule has 1 heterocycles. The number of benzene rings is 2. The SMILES string of the molecule is Fc1ccc(C(=C[S+]2CCCC2)c2ccccc2)cc1.O=S(=O)([O-])C(F)(F)F. The van der Waals surface area contributed by atoms with Crippen molar-refractivity contribution < 1.29 is 30.5 Å². The highest BCUT2D eigenvalue weighted by Crippen LogP contribution is 2.27. The molecule has 1 saturated heterocycles. The smallest absolute Gasteiger partial charge is 0.485 e. The van der Waals surface area contributed by atoms with Crippen LogP contribution in [0, 0.1) is 5.82 Å². The standard InChI is InChI=1S/C18H18FS.CHF3O3S/c19-17-10-8-16(9-11-17)18(14-20-12-4-5-13-20)15-6-2-1-3-7-15;2-1(3,4)8(5,6)7/h1-3,6-11,14H,4-5,12-13H2;(H,5,6,7)/q+1;/p-1. The lowest BCUT2D eigenvalue weighted by Crippen LogP contribution is -2.21. The maximum atomic E-state index is 13.1. The molecule has 0 aromatic heterocycles. The molecule has 0 N–H and O–H groups in total. The molecule has 2 aromatic carbocycles. The van der Waals surface area contributed by atoms with Gasteiger partial charge in [-0.25, -0.2) is 12.8 Å². The highest BCUT2D eigenvalue weighted by atomic mass is 32.2. The molecule has 0 saturated carbocycles. The summed E-state index contributed by atoms with van der Waals surface area (Å²) in [6, 6.07) is 17.3. The Hall–Kier alpha value is -1.84. The molecule has 0 bridgehead atoms. The molecule has 0 atom stereocenters. The highest BCUT2D eigenvalue weighted by Gasteiger charge is 2.36. The molecule has 3 rings (SSSR count). The second-order valence-corrected chi connectivity index (χ2v) is 9.46. The fourth-order valence-electron chi connectivity index (χ4n) is 2.51. The summed E-state index contributed by atoms with van der Waals surface area (Å²) in [7, 11) is -5.71. The van der Waals surface area contributed by atoms with E-state index < -0.39 is 15.6 Å².